The van der Waals surface area contributed by atoms with Crippen molar-refractivity contribution in [2.75, 3.05) is 17.5 Å². The van der Waals surface area contributed by atoms with E-state index in [9.17, 15) is 22.4 Å². The van der Waals surface area contributed by atoms with Crippen LogP contribution in [-0.4, -0.2) is 39.2 Å². The van der Waals surface area contributed by atoms with Crippen molar-refractivity contribution in [1.82, 2.24) is 5.32 Å². The Labute approximate surface area is 163 Å². The summed E-state index contributed by atoms with van der Waals surface area (Å²) >= 11 is 0. The van der Waals surface area contributed by atoms with E-state index in [-0.39, 0.29) is 17.1 Å². The van der Waals surface area contributed by atoms with E-state index in [1.54, 1.807) is 24.3 Å². The second-order valence-corrected chi connectivity index (χ2v) is 7.88. The Hall–Kier alpha value is -2.94. The molecule has 0 bridgehead atoms. The largest absolute Gasteiger partial charge is 0.449 e. The lowest BCUT2D eigenvalue weighted by Gasteiger charge is -2.15. The van der Waals surface area contributed by atoms with Crippen molar-refractivity contribution in [2.45, 2.75) is 19.4 Å². The predicted molar refractivity (Wildman–Crippen MR) is 103 cm³/mol. The number of anilines is 1. The van der Waals surface area contributed by atoms with Crippen LogP contribution in [-0.2, 0) is 26.0 Å². The second-order valence-electron chi connectivity index (χ2n) is 6.13. The number of nitrogens with one attached hydrogen (secondary N) is 2. The van der Waals surface area contributed by atoms with E-state index in [0.29, 0.717) is 13.0 Å². The topological polar surface area (TPSA) is 102 Å². The molecule has 0 aliphatic carbocycles. The number of benzene rings is 2. The Morgan fingerprint density at radius 1 is 1.11 bits per heavy atom. The molecule has 2 rings (SSSR count). The molecule has 2 N–H and O–H groups in total. The number of ether oxygens (including phenoxy) is 1. The van der Waals surface area contributed by atoms with E-state index in [4.69, 9.17) is 4.74 Å². The number of sulfonamides is 1. The van der Waals surface area contributed by atoms with E-state index in [0.717, 1.165) is 11.8 Å². The fourth-order valence-corrected chi connectivity index (χ4v) is 2.93. The zero-order valence-electron chi connectivity index (χ0n) is 15.4. The van der Waals surface area contributed by atoms with Crippen molar-refractivity contribution in [3.63, 3.8) is 0 Å². The van der Waals surface area contributed by atoms with Crippen molar-refractivity contribution in [2.24, 2.45) is 0 Å². The number of rotatable bonds is 8. The van der Waals surface area contributed by atoms with Crippen LogP contribution in [0.5, 0.6) is 0 Å². The highest BCUT2D eigenvalue weighted by Gasteiger charge is 2.21. The fourth-order valence-electron chi connectivity index (χ4n) is 2.35. The van der Waals surface area contributed by atoms with Gasteiger partial charge in [0.25, 0.3) is 5.91 Å². The highest BCUT2D eigenvalue weighted by Crippen LogP contribution is 2.18. The van der Waals surface area contributed by atoms with Crippen molar-refractivity contribution in [3.05, 3.63) is 65.5 Å². The van der Waals surface area contributed by atoms with Crippen molar-refractivity contribution >= 4 is 27.6 Å². The third-order valence-corrected chi connectivity index (χ3v) is 4.31. The number of para-hydroxylation sites is 1. The van der Waals surface area contributed by atoms with Crippen LogP contribution in [0, 0.1) is 5.82 Å². The van der Waals surface area contributed by atoms with Crippen LogP contribution in [0.25, 0.3) is 0 Å². The number of hydrogen-bond donors (Lipinski definition) is 2. The Morgan fingerprint density at radius 2 is 1.75 bits per heavy atom. The first-order valence-corrected chi connectivity index (χ1v) is 10.3. The summed E-state index contributed by atoms with van der Waals surface area (Å²) in [6, 6.07) is 11.9. The standard InChI is InChI=1S/C19H21FN2O5S/c1-13(18(23)21-12-11-14-7-9-15(20)10-8-14)27-19(24)16-5-3-4-6-17(16)22-28(2,25)26/h3-10,13,22H,11-12H2,1-2H3,(H,21,23)/t13-/m0/s1. The van der Waals surface area contributed by atoms with Gasteiger partial charge in [-0.15, -0.1) is 0 Å². The summed E-state index contributed by atoms with van der Waals surface area (Å²) in [6.07, 6.45) is 0.382. The molecule has 0 saturated heterocycles. The number of hydrogen-bond acceptors (Lipinski definition) is 5. The Kier molecular flexibility index (Phi) is 7.11. The lowest BCUT2D eigenvalue weighted by atomic mass is 10.1. The summed E-state index contributed by atoms with van der Waals surface area (Å²) in [7, 11) is -3.58. The molecule has 0 saturated carbocycles. The van der Waals surface area contributed by atoms with Gasteiger partial charge >= 0.3 is 5.97 Å². The van der Waals surface area contributed by atoms with Crippen LogP contribution < -0.4 is 10.0 Å². The number of amides is 1. The van der Waals surface area contributed by atoms with Crippen LogP contribution >= 0.6 is 0 Å². The van der Waals surface area contributed by atoms with Crippen molar-refractivity contribution in [1.29, 1.82) is 0 Å². The van der Waals surface area contributed by atoms with E-state index in [2.05, 4.69) is 10.0 Å². The van der Waals surface area contributed by atoms with Gasteiger partial charge in [0.15, 0.2) is 6.10 Å². The molecule has 2 aromatic carbocycles. The maximum absolute atomic E-state index is 12.9. The van der Waals surface area contributed by atoms with Gasteiger partial charge in [-0.2, -0.15) is 0 Å². The van der Waals surface area contributed by atoms with E-state index < -0.39 is 28.0 Å². The minimum Gasteiger partial charge on any atom is -0.449 e. The lowest BCUT2D eigenvalue weighted by molar-refractivity contribution is -0.129. The SMILES string of the molecule is C[C@H](OC(=O)c1ccccc1NS(C)(=O)=O)C(=O)NCCc1ccc(F)cc1. The first-order chi connectivity index (χ1) is 13.2. The first kappa shape index (κ1) is 21.4. The zero-order valence-corrected chi connectivity index (χ0v) is 16.3. The van der Waals surface area contributed by atoms with Gasteiger partial charge in [-0.05, 0) is 43.2 Å². The molecule has 0 unspecified atom stereocenters. The van der Waals surface area contributed by atoms with Crippen LogP contribution in [0.1, 0.15) is 22.8 Å². The molecular formula is C19H21FN2O5S. The summed E-state index contributed by atoms with van der Waals surface area (Å²) in [5, 5.41) is 2.63. The monoisotopic (exact) mass is 408 g/mol. The second kappa shape index (κ2) is 9.32. The number of halogens is 1. The third kappa shape index (κ3) is 6.66. The molecular weight excluding hydrogens is 387 g/mol. The zero-order chi connectivity index (χ0) is 20.7. The number of esters is 1. The van der Waals surface area contributed by atoms with Crippen LogP contribution in [0.4, 0.5) is 10.1 Å². The van der Waals surface area contributed by atoms with Crippen molar-refractivity contribution < 1.29 is 27.1 Å². The maximum atomic E-state index is 12.9. The molecule has 9 heteroatoms. The normalized spacial score (nSPS) is 12.1. The molecule has 2 aromatic rings. The molecule has 7 nitrogen and oxygen atoms in total. The van der Waals surface area contributed by atoms with E-state index >= 15 is 0 Å². The van der Waals surface area contributed by atoms with Gasteiger partial charge in [-0.25, -0.2) is 17.6 Å². The molecule has 0 aliphatic heterocycles. The molecule has 1 amide bonds. The lowest BCUT2D eigenvalue weighted by Crippen LogP contribution is -2.37. The van der Waals surface area contributed by atoms with Gasteiger partial charge in [-0.3, -0.25) is 9.52 Å². The van der Waals surface area contributed by atoms with Gasteiger partial charge in [0.2, 0.25) is 10.0 Å². The van der Waals surface area contributed by atoms with Crippen LogP contribution in [0.3, 0.4) is 0 Å². The van der Waals surface area contributed by atoms with Crippen LogP contribution in [0.2, 0.25) is 0 Å². The summed E-state index contributed by atoms with van der Waals surface area (Å²) in [4.78, 5) is 24.4. The predicted octanol–water partition coefficient (Wildman–Crippen LogP) is 2.10. The Morgan fingerprint density at radius 3 is 2.39 bits per heavy atom. The maximum Gasteiger partial charge on any atom is 0.341 e. The summed E-state index contributed by atoms with van der Waals surface area (Å²) < 4.78 is 43.1. The first-order valence-electron chi connectivity index (χ1n) is 8.45. The summed E-state index contributed by atoms with van der Waals surface area (Å²) in [6.45, 7) is 1.70. The van der Waals surface area contributed by atoms with E-state index in [1.165, 1.54) is 31.2 Å². The van der Waals surface area contributed by atoms with Crippen LogP contribution in [0.15, 0.2) is 48.5 Å². The molecule has 150 valence electrons. The quantitative estimate of drug-likeness (QED) is 0.652. The van der Waals surface area contributed by atoms with Gasteiger partial charge in [0.1, 0.15) is 5.82 Å². The molecule has 0 fully saturated rings. The highest BCUT2D eigenvalue weighted by molar-refractivity contribution is 7.92. The molecule has 1 atom stereocenters. The smallest absolute Gasteiger partial charge is 0.341 e. The average molecular weight is 408 g/mol. The van der Waals surface area contributed by atoms with Gasteiger partial charge in [0.05, 0.1) is 17.5 Å². The third-order valence-electron chi connectivity index (χ3n) is 3.72. The molecule has 0 aromatic heterocycles. The Balaban J connectivity index is 1.91. The number of carbonyl (C=O) groups excluding carboxylic acids is 2. The minimum atomic E-state index is -3.58. The van der Waals surface area contributed by atoms with Gasteiger partial charge in [0, 0.05) is 6.54 Å². The molecule has 0 heterocycles. The highest BCUT2D eigenvalue weighted by atomic mass is 32.2. The molecule has 0 spiro atoms. The van der Waals surface area contributed by atoms with Gasteiger partial charge < -0.3 is 10.1 Å². The Bertz CT molecular complexity index is 945. The molecule has 0 radical (unpaired) electrons. The number of carbonyl (C=O) groups is 2. The average Bonchev–Trinajstić information content (AvgIpc) is 2.62. The van der Waals surface area contributed by atoms with E-state index in [1.807, 2.05) is 0 Å². The molecule has 0 aliphatic rings. The van der Waals surface area contributed by atoms with Gasteiger partial charge in [-0.1, -0.05) is 24.3 Å². The minimum absolute atomic E-state index is 0.00103. The fraction of sp³-hybridized carbons (Fsp3) is 0.263. The van der Waals surface area contributed by atoms with Crippen molar-refractivity contribution in [3.8, 4) is 0 Å². The summed E-state index contributed by atoms with van der Waals surface area (Å²) in [5.41, 5.74) is 0.921. The molecule has 28 heavy (non-hydrogen) atoms. The summed E-state index contributed by atoms with van der Waals surface area (Å²) in [5.74, 6) is -1.66.